The molecule has 1 aromatic heterocycles. The number of carbonyl (C=O) groups is 1. The maximum absolute atomic E-state index is 13.0. The average Bonchev–Trinajstić information content (AvgIpc) is 2.66. The maximum atomic E-state index is 13.0. The summed E-state index contributed by atoms with van der Waals surface area (Å²) in [5.41, 5.74) is 1.92. The van der Waals surface area contributed by atoms with Crippen LogP contribution in [0.25, 0.3) is 17.0 Å². The van der Waals surface area contributed by atoms with Crippen LogP contribution in [0, 0.1) is 0 Å². The molecule has 1 amide bonds. The van der Waals surface area contributed by atoms with Crippen LogP contribution in [0.5, 0.6) is 0 Å². The van der Waals surface area contributed by atoms with Crippen molar-refractivity contribution in [3.63, 3.8) is 0 Å². The van der Waals surface area contributed by atoms with Gasteiger partial charge in [-0.05, 0) is 47.9 Å². The zero-order valence-electron chi connectivity index (χ0n) is 14.5. The summed E-state index contributed by atoms with van der Waals surface area (Å²) in [7, 11) is 0. The molecule has 3 nitrogen and oxygen atoms in total. The molecule has 0 unspecified atom stereocenters. The Morgan fingerprint density at radius 1 is 1.11 bits per heavy atom. The second-order valence-corrected chi connectivity index (χ2v) is 6.01. The van der Waals surface area contributed by atoms with Crippen molar-refractivity contribution in [3.05, 3.63) is 77.5 Å². The van der Waals surface area contributed by atoms with Gasteiger partial charge in [0.1, 0.15) is 0 Å². The van der Waals surface area contributed by atoms with Gasteiger partial charge in [0.25, 0.3) is 0 Å². The van der Waals surface area contributed by atoms with Crippen molar-refractivity contribution in [1.82, 2.24) is 4.98 Å². The van der Waals surface area contributed by atoms with E-state index >= 15 is 0 Å². The van der Waals surface area contributed by atoms with E-state index in [-0.39, 0.29) is 11.1 Å². The monoisotopic (exact) mass is 370 g/mol. The van der Waals surface area contributed by atoms with Crippen molar-refractivity contribution < 1.29 is 18.0 Å². The minimum absolute atomic E-state index is 0.237. The number of alkyl halides is 3. The molecule has 0 radical (unpaired) electrons. The van der Waals surface area contributed by atoms with E-state index in [0.717, 1.165) is 24.1 Å². The van der Waals surface area contributed by atoms with Gasteiger partial charge in [-0.25, -0.2) is 0 Å². The van der Waals surface area contributed by atoms with E-state index in [9.17, 15) is 18.0 Å². The van der Waals surface area contributed by atoms with Gasteiger partial charge in [0.2, 0.25) is 5.91 Å². The van der Waals surface area contributed by atoms with Crippen LogP contribution in [0.1, 0.15) is 23.6 Å². The van der Waals surface area contributed by atoms with E-state index in [0.29, 0.717) is 5.52 Å². The summed E-state index contributed by atoms with van der Waals surface area (Å²) in [6.45, 7) is 2.06. The minimum Gasteiger partial charge on any atom is -0.322 e. The smallest absolute Gasteiger partial charge is 0.322 e. The molecule has 0 bridgehead atoms. The molecule has 1 heterocycles. The number of pyridine rings is 1. The first-order valence-electron chi connectivity index (χ1n) is 8.41. The summed E-state index contributed by atoms with van der Waals surface area (Å²) in [4.78, 5) is 16.2. The SMILES string of the molecule is CCc1ccc(/C=C/C(=O)Nc2ccnc3ccc(C(F)(F)F)cc23)cc1. The standard InChI is InChI=1S/C21H17F3N2O/c1-2-14-3-5-15(6-4-14)7-10-20(27)26-19-11-12-25-18-9-8-16(13-17(18)19)21(22,23)24/h3-13H,2H2,1H3,(H,25,26,27)/b10-7+. The van der Waals surface area contributed by atoms with Crippen LogP contribution in [0.15, 0.2) is 60.8 Å². The largest absolute Gasteiger partial charge is 0.416 e. The molecular weight excluding hydrogens is 353 g/mol. The Morgan fingerprint density at radius 2 is 1.85 bits per heavy atom. The summed E-state index contributed by atoms with van der Waals surface area (Å²) >= 11 is 0. The van der Waals surface area contributed by atoms with E-state index in [4.69, 9.17) is 0 Å². The number of halogens is 3. The van der Waals surface area contributed by atoms with Crippen molar-refractivity contribution in [1.29, 1.82) is 0 Å². The normalized spacial score (nSPS) is 11.9. The first-order chi connectivity index (χ1) is 12.9. The predicted molar refractivity (Wildman–Crippen MR) is 100 cm³/mol. The fourth-order valence-corrected chi connectivity index (χ4v) is 2.64. The summed E-state index contributed by atoms with van der Waals surface area (Å²) in [5, 5.41) is 2.86. The lowest BCUT2D eigenvalue weighted by Crippen LogP contribution is -2.09. The van der Waals surface area contributed by atoms with Crippen LogP contribution in [0.2, 0.25) is 0 Å². The molecule has 27 heavy (non-hydrogen) atoms. The lowest BCUT2D eigenvalue weighted by molar-refractivity contribution is -0.137. The van der Waals surface area contributed by atoms with Crippen molar-refractivity contribution >= 4 is 28.6 Å². The zero-order valence-corrected chi connectivity index (χ0v) is 14.5. The molecule has 138 valence electrons. The number of fused-ring (bicyclic) bond motifs is 1. The molecule has 3 aromatic rings. The molecule has 0 atom stereocenters. The zero-order chi connectivity index (χ0) is 19.4. The molecule has 0 aliphatic rings. The molecule has 0 aliphatic carbocycles. The van der Waals surface area contributed by atoms with Gasteiger partial charge in [-0.1, -0.05) is 31.2 Å². The van der Waals surface area contributed by atoms with E-state index in [1.54, 1.807) is 6.08 Å². The summed E-state index contributed by atoms with van der Waals surface area (Å²) in [6.07, 6.45) is 0.911. The van der Waals surface area contributed by atoms with Gasteiger partial charge in [0, 0.05) is 17.7 Å². The minimum atomic E-state index is -4.46. The van der Waals surface area contributed by atoms with Crippen LogP contribution >= 0.6 is 0 Å². The van der Waals surface area contributed by atoms with Crippen molar-refractivity contribution in [2.45, 2.75) is 19.5 Å². The van der Waals surface area contributed by atoms with Gasteiger partial charge >= 0.3 is 6.18 Å². The Labute approximate surface area is 154 Å². The quantitative estimate of drug-likeness (QED) is 0.619. The lowest BCUT2D eigenvalue weighted by Gasteiger charge is -2.10. The molecule has 2 aromatic carbocycles. The molecular formula is C21H17F3N2O. The van der Waals surface area contributed by atoms with Gasteiger partial charge in [-0.3, -0.25) is 9.78 Å². The van der Waals surface area contributed by atoms with Crippen LogP contribution in [0.4, 0.5) is 18.9 Å². The highest BCUT2D eigenvalue weighted by molar-refractivity contribution is 6.07. The number of aryl methyl sites for hydroxylation is 1. The maximum Gasteiger partial charge on any atom is 0.416 e. The highest BCUT2D eigenvalue weighted by Gasteiger charge is 2.30. The van der Waals surface area contributed by atoms with Gasteiger partial charge in [-0.2, -0.15) is 13.2 Å². The molecule has 0 aliphatic heterocycles. The lowest BCUT2D eigenvalue weighted by atomic mass is 10.1. The van der Waals surface area contributed by atoms with Crippen molar-refractivity contribution in [3.8, 4) is 0 Å². The molecule has 3 rings (SSSR count). The molecule has 6 heteroatoms. The van der Waals surface area contributed by atoms with Gasteiger partial charge in [0.05, 0.1) is 16.8 Å². The predicted octanol–water partition coefficient (Wildman–Crippen LogP) is 5.47. The second-order valence-electron chi connectivity index (χ2n) is 6.01. The number of nitrogens with one attached hydrogen (secondary N) is 1. The molecule has 0 saturated carbocycles. The number of hydrogen-bond donors (Lipinski definition) is 1. The Morgan fingerprint density at radius 3 is 2.52 bits per heavy atom. The topological polar surface area (TPSA) is 42.0 Å². The van der Waals surface area contributed by atoms with E-state index in [1.165, 1.54) is 30.0 Å². The number of carbonyl (C=O) groups excluding carboxylic acids is 1. The Hall–Kier alpha value is -3.15. The Bertz CT molecular complexity index is 992. The fraction of sp³-hybridized carbons (Fsp3) is 0.143. The number of rotatable bonds is 4. The molecule has 0 fully saturated rings. The van der Waals surface area contributed by atoms with E-state index < -0.39 is 17.6 Å². The number of benzene rings is 2. The molecule has 0 spiro atoms. The van der Waals surface area contributed by atoms with Crippen LogP contribution in [-0.4, -0.2) is 10.9 Å². The highest BCUT2D eigenvalue weighted by Crippen LogP contribution is 2.33. The summed E-state index contributed by atoms with van der Waals surface area (Å²) in [5.74, 6) is -0.431. The Kier molecular flexibility index (Phi) is 5.26. The van der Waals surface area contributed by atoms with Crippen molar-refractivity contribution in [2.75, 3.05) is 5.32 Å². The van der Waals surface area contributed by atoms with Crippen LogP contribution in [-0.2, 0) is 17.4 Å². The van der Waals surface area contributed by atoms with Gasteiger partial charge in [-0.15, -0.1) is 0 Å². The fourth-order valence-electron chi connectivity index (χ4n) is 2.64. The highest BCUT2D eigenvalue weighted by atomic mass is 19.4. The van der Waals surface area contributed by atoms with E-state index in [2.05, 4.69) is 17.2 Å². The third kappa shape index (κ3) is 4.53. The number of amides is 1. The van der Waals surface area contributed by atoms with Crippen LogP contribution < -0.4 is 5.32 Å². The molecule has 1 N–H and O–H groups in total. The van der Waals surface area contributed by atoms with Gasteiger partial charge in [0.15, 0.2) is 0 Å². The Balaban J connectivity index is 1.82. The summed E-state index contributed by atoms with van der Waals surface area (Å²) < 4.78 is 38.9. The number of nitrogens with zero attached hydrogens (tertiary/aromatic N) is 1. The van der Waals surface area contributed by atoms with E-state index in [1.807, 2.05) is 24.3 Å². The first kappa shape index (κ1) is 18.6. The third-order valence-electron chi connectivity index (χ3n) is 4.14. The average molecular weight is 370 g/mol. The van der Waals surface area contributed by atoms with Gasteiger partial charge < -0.3 is 5.32 Å². The number of hydrogen-bond acceptors (Lipinski definition) is 2. The van der Waals surface area contributed by atoms with Crippen molar-refractivity contribution in [2.24, 2.45) is 0 Å². The summed E-state index contributed by atoms with van der Waals surface area (Å²) in [6, 6.07) is 12.5. The number of aromatic nitrogens is 1. The van der Waals surface area contributed by atoms with Crippen LogP contribution in [0.3, 0.4) is 0 Å². The first-order valence-corrected chi connectivity index (χ1v) is 8.41. The molecule has 0 saturated heterocycles. The number of anilines is 1. The third-order valence-corrected chi connectivity index (χ3v) is 4.14. The second kappa shape index (κ2) is 7.61.